The molecule has 0 aliphatic rings. The highest BCUT2D eigenvalue weighted by Crippen LogP contribution is 2.36. The smallest absolute Gasteiger partial charge is 0.255 e. The number of carbonyl (C=O) groups excluding carboxylic acids is 2. The summed E-state index contributed by atoms with van der Waals surface area (Å²) in [4.78, 5) is 22.8. The summed E-state index contributed by atoms with van der Waals surface area (Å²) in [5.41, 5.74) is 10.7. The van der Waals surface area contributed by atoms with Crippen LogP contribution in [0, 0.1) is 0 Å². The van der Waals surface area contributed by atoms with Crippen molar-refractivity contribution in [1.82, 2.24) is 5.32 Å². The summed E-state index contributed by atoms with van der Waals surface area (Å²) < 4.78 is 10.3. The fourth-order valence-electron chi connectivity index (χ4n) is 1.50. The second-order valence-corrected chi connectivity index (χ2v) is 4.76. The molecule has 0 saturated heterocycles. The molecule has 22 heavy (non-hydrogen) atoms. The summed E-state index contributed by atoms with van der Waals surface area (Å²) in [6.45, 7) is 1.75. The van der Waals surface area contributed by atoms with Gasteiger partial charge in [-0.25, -0.2) is 0 Å². The van der Waals surface area contributed by atoms with E-state index in [-0.39, 0.29) is 47.5 Å². The first-order valence-electron chi connectivity index (χ1n) is 6.18. The van der Waals surface area contributed by atoms with Crippen molar-refractivity contribution >= 4 is 35.8 Å². The molecule has 0 aliphatic heterocycles. The molecule has 124 valence electrons. The fourth-order valence-corrected chi connectivity index (χ4v) is 1.77. The van der Waals surface area contributed by atoms with Crippen LogP contribution in [-0.4, -0.2) is 38.1 Å². The molecule has 0 bridgehead atoms. The Labute approximate surface area is 139 Å². The van der Waals surface area contributed by atoms with Crippen LogP contribution in [0.5, 0.6) is 11.5 Å². The molecule has 1 aromatic rings. The first-order valence-corrected chi connectivity index (χ1v) is 6.56. The van der Waals surface area contributed by atoms with Crippen molar-refractivity contribution in [3.63, 3.8) is 0 Å². The van der Waals surface area contributed by atoms with E-state index in [0.717, 1.165) is 0 Å². The first kappa shape index (κ1) is 20.3. The van der Waals surface area contributed by atoms with Gasteiger partial charge in [-0.3, -0.25) is 9.59 Å². The number of ether oxygens (including phenoxy) is 2. The van der Waals surface area contributed by atoms with Gasteiger partial charge >= 0.3 is 0 Å². The van der Waals surface area contributed by atoms with Crippen molar-refractivity contribution < 1.29 is 19.1 Å². The number of hydrogen-bond acceptors (Lipinski definition) is 5. The number of nitrogens with one attached hydrogen (secondary N) is 1. The van der Waals surface area contributed by atoms with Crippen molar-refractivity contribution in [1.29, 1.82) is 0 Å². The third kappa shape index (κ3) is 5.59. The molecule has 1 atom stereocenters. The van der Waals surface area contributed by atoms with Gasteiger partial charge in [-0.1, -0.05) is 11.6 Å². The predicted molar refractivity (Wildman–Crippen MR) is 85.9 cm³/mol. The van der Waals surface area contributed by atoms with Crippen LogP contribution in [0.3, 0.4) is 0 Å². The van der Waals surface area contributed by atoms with Gasteiger partial charge in [-0.15, -0.1) is 12.4 Å². The third-order valence-corrected chi connectivity index (χ3v) is 2.86. The lowest BCUT2D eigenvalue weighted by Gasteiger charge is -2.15. The van der Waals surface area contributed by atoms with Crippen LogP contribution in [0.25, 0.3) is 0 Å². The molecule has 0 fully saturated rings. The molecule has 0 aromatic heterocycles. The number of benzene rings is 1. The van der Waals surface area contributed by atoms with Crippen molar-refractivity contribution in [3.05, 3.63) is 22.7 Å². The lowest BCUT2D eigenvalue weighted by molar-refractivity contribution is -0.119. The zero-order valence-electron chi connectivity index (χ0n) is 12.2. The Balaban J connectivity index is 0.00000441. The number of carbonyl (C=O) groups is 2. The van der Waals surface area contributed by atoms with E-state index in [4.69, 9.17) is 32.5 Å². The minimum atomic E-state index is -0.647. The minimum absolute atomic E-state index is 0. The van der Waals surface area contributed by atoms with Crippen molar-refractivity contribution in [2.45, 2.75) is 13.0 Å². The molecule has 9 heteroatoms. The van der Waals surface area contributed by atoms with Crippen LogP contribution in [0.1, 0.15) is 17.3 Å². The number of rotatable bonds is 7. The van der Waals surface area contributed by atoms with Gasteiger partial charge in [0.1, 0.15) is 0 Å². The van der Waals surface area contributed by atoms with Crippen LogP contribution >= 0.6 is 24.0 Å². The molecule has 5 N–H and O–H groups in total. The maximum Gasteiger partial charge on any atom is 0.255 e. The number of amides is 2. The summed E-state index contributed by atoms with van der Waals surface area (Å²) >= 11 is 6.05. The van der Waals surface area contributed by atoms with E-state index in [1.54, 1.807) is 6.92 Å². The highest BCUT2D eigenvalue weighted by molar-refractivity contribution is 6.32. The van der Waals surface area contributed by atoms with Crippen molar-refractivity contribution in [2.75, 3.05) is 20.3 Å². The van der Waals surface area contributed by atoms with E-state index in [9.17, 15) is 9.59 Å². The van der Waals surface area contributed by atoms with Gasteiger partial charge < -0.3 is 26.3 Å². The maximum atomic E-state index is 12.0. The molecule has 1 rings (SSSR count). The number of halogens is 2. The molecule has 0 radical (unpaired) electrons. The average Bonchev–Trinajstić information content (AvgIpc) is 2.44. The standard InChI is InChI=1S/C13H18ClN3O4.ClH/c1-7(5-15)17-13(19)8-3-9(14)12(10(4-8)20-2)21-6-11(16)18;/h3-4,7H,5-6,15H2,1-2H3,(H2,16,18)(H,17,19);1H/t7-;/m0./s1. The molecule has 0 aliphatic carbocycles. The highest BCUT2D eigenvalue weighted by Gasteiger charge is 2.17. The van der Waals surface area contributed by atoms with Crippen molar-refractivity contribution in [3.8, 4) is 11.5 Å². The van der Waals surface area contributed by atoms with Gasteiger partial charge in [0.25, 0.3) is 11.8 Å². The van der Waals surface area contributed by atoms with E-state index in [1.807, 2.05) is 0 Å². The molecule has 0 heterocycles. The van der Waals surface area contributed by atoms with Gasteiger partial charge in [0.2, 0.25) is 0 Å². The van der Waals surface area contributed by atoms with Crippen LogP contribution in [0.15, 0.2) is 12.1 Å². The Bertz CT molecular complexity index is 540. The number of methoxy groups -OCH3 is 1. The van der Waals surface area contributed by atoms with Crippen molar-refractivity contribution in [2.24, 2.45) is 11.5 Å². The topological polar surface area (TPSA) is 117 Å². The normalized spacial score (nSPS) is 11.1. The highest BCUT2D eigenvalue weighted by atomic mass is 35.5. The average molecular weight is 352 g/mol. The van der Waals surface area contributed by atoms with Gasteiger partial charge in [-0.05, 0) is 19.1 Å². The number of nitrogens with two attached hydrogens (primary N) is 2. The van der Waals surface area contributed by atoms with E-state index in [0.29, 0.717) is 12.1 Å². The van der Waals surface area contributed by atoms with Gasteiger partial charge in [0.15, 0.2) is 18.1 Å². The molecule has 0 saturated carbocycles. The zero-order chi connectivity index (χ0) is 16.0. The third-order valence-electron chi connectivity index (χ3n) is 2.58. The molecule has 0 unspecified atom stereocenters. The van der Waals surface area contributed by atoms with Crippen LogP contribution in [-0.2, 0) is 4.79 Å². The SMILES string of the molecule is COc1cc(C(=O)N[C@@H](C)CN)cc(Cl)c1OCC(N)=O.Cl. The molecule has 2 amide bonds. The van der Waals surface area contributed by atoms with E-state index >= 15 is 0 Å². The second-order valence-electron chi connectivity index (χ2n) is 4.35. The second kappa shape index (κ2) is 9.34. The Kier molecular flexibility index (Phi) is 8.62. The Hall–Kier alpha value is -1.70. The zero-order valence-corrected chi connectivity index (χ0v) is 13.8. The quantitative estimate of drug-likeness (QED) is 0.668. The minimum Gasteiger partial charge on any atom is -0.493 e. The van der Waals surface area contributed by atoms with E-state index in [1.165, 1.54) is 19.2 Å². The monoisotopic (exact) mass is 351 g/mol. The lowest BCUT2D eigenvalue weighted by atomic mass is 10.1. The number of hydrogen-bond donors (Lipinski definition) is 3. The summed E-state index contributed by atoms with van der Waals surface area (Å²) in [5, 5.41) is 2.84. The van der Waals surface area contributed by atoms with Crippen LogP contribution < -0.4 is 26.3 Å². The molecule has 0 spiro atoms. The summed E-state index contributed by atoms with van der Waals surface area (Å²) in [6.07, 6.45) is 0. The fraction of sp³-hybridized carbons (Fsp3) is 0.385. The number of primary amides is 1. The summed E-state index contributed by atoms with van der Waals surface area (Å²) in [6, 6.07) is 2.70. The van der Waals surface area contributed by atoms with Crippen LogP contribution in [0.4, 0.5) is 0 Å². The molecular weight excluding hydrogens is 333 g/mol. The predicted octanol–water partition coefficient (Wildman–Crippen LogP) is 0.712. The largest absolute Gasteiger partial charge is 0.493 e. The summed E-state index contributed by atoms with van der Waals surface area (Å²) in [7, 11) is 1.40. The molecule has 1 aromatic carbocycles. The first-order chi connectivity index (χ1) is 9.88. The van der Waals surface area contributed by atoms with E-state index in [2.05, 4.69) is 5.32 Å². The van der Waals surface area contributed by atoms with Gasteiger partial charge in [0.05, 0.1) is 12.1 Å². The lowest BCUT2D eigenvalue weighted by Crippen LogP contribution is -2.37. The Morgan fingerprint density at radius 2 is 2.05 bits per heavy atom. The van der Waals surface area contributed by atoms with Crippen LogP contribution in [0.2, 0.25) is 5.02 Å². The summed E-state index contributed by atoms with van der Waals surface area (Å²) in [5.74, 6) is -0.600. The van der Waals surface area contributed by atoms with Gasteiger partial charge in [0, 0.05) is 18.2 Å². The Morgan fingerprint density at radius 1 is 1.41 bits per heavy atom. The molecule has 7 nitrogen and oxygen atoms in total. The van der Waals surface area contributed by atoms with E-state index < -0.39 is 5.91 Å². The Morgan fingerprint density at radius 3 is 2.55 bits per heavy atom. The molecular formula is C13H19Cl2N3O4. The maximum absolute atomic E-state index is 12.0. The van der Waals surface area contributed by atoms with Gasteiger partial charge in [-0.2, -0.15) is 0 Å².